The SMILES string of the molecule is Cc1ccc(C(=O)NC2CC2)cc1NC(=O)c1ccccc1-c1ncc(-c2ccccc2)o1. The molecule has 0 bridgehead atoms. The molecule has 1 aliphatic carbocycles. The summed E-state index contributed by atoms with van der Waals surface area (Å²) in [6.07, 6.45) is 3.70. The van der Waals surface area contributed by atoms with Crippen molar-refractivity contribution in [2.24, 2.45) is 0 Å². The second kappa shape index (κ2) is 8.74. The van der Waals surface area contributed by atoms with Crippen LogP contribution in [0.1, 0.15) is 39.1 Å². The Morgan fingerprint density at radius 2 is 1.70 bits per heavy atom. The van der Waals surface area contributed by atoms with Crippen LogP contribution in [0.5, 0.6) is 0 Å². The van der Waals surface area contributed by atoms with Crippen molar-refractivity contribution in [3.63, 3.8) is 0 Å². The van der Waals surface area contributed by atoms with Gasteiger partial charge in [0, 0.05) is 28.4 Å². The van der Waals surface area contributed by atoms with Crippen molar-refractivity contribution in [1.82, 2.24) is 10.3 Å². The molecule has 5 rings (SSSR count). The average molecular weight is 437 g/mol. The van der Waals surface area contributed by atoms with Crippen LogP contribution in [0.15, 0.2) is 83.4 Å². The number of carbonyl (C=O) groups is 2. The van der Waals surface area contributed by atoms with E-state index in [1.165, 1.54) is 0 Å². The van der Waals surface area contributed by atoms with Crippen LogP contribution in [0.4, 0.5) is 5.69 Å². The molecule has 1 aromatic heterocycles. The van der Waals surface area contributed by atoms with Crippen molar-refractivity contribution in [1.29, 1.82) is 0 Å². The fraction of sp³-hybridized carbons (Fsp3) is 0.148. The molecule has 2 N–H and O–H groups in total. The lowest BCUT2D eigenvalue weighted by atomic mass is 10.1. The number of amides is 2. The largest absolute Gasteiger partial charge is 0.436 e. The lowest BCUT2D eigenvalue weighted by molar-refractivity contribution is 0.0949. The first-order valence-corrected chi connectivity index (χ1v) is 10.9. The first kappa shape index (κ1) is 20.7. The third kappa shape index (κ3) is 4.55. The number of nitrogens with zero attached hydrogens (tertiary/aromatic N) is 1. The van der Waals surface area contributed by atoms with Crippen molar-refractivity contribution in [2.75, 3.05) is 5.32 Å². The van der Waals surface area contributed by atoms with E-state index in [-0.39, 0.29) is 17.9 Å². The Morgan fingerprint density at radius 3 is 2.48 bits per heavy atom. The summed E-state index contributed by atoms with van der Waals surface area (Å²) in [7, 11) is 0. The fourth-order valence-corrected chi connectivity index (χ4v) is 3.59. The molecular weight excluding hydrogens is 414 g/mol. The number of benzene rings is 3. The maximum Gasteiger partial charge on any atom is 0.256 e. The molecule has 1 fully saturated rings. The molecule has 4 aromatic rings. The Kier molecular flexibility index (Phi) is 5.48. The van der Waals surface area contributed by atoms with Crippen molar-refractivity contribution < 1.29 is 14.0 Å². The molecule has 0 atom stereocenters. The summed E-state index contributed by atoms with van der Waals surface area (Å²) in [5, 5.41) is 5.93. The van der Waals surface area contributed by atoms with Crippen LogP contribution in [-0.2, 0) is 0 Å². The minimum atomic E-state index is -0.298. The van der Waals surface area contributed by atoms with Crippen LogP contribution in [0, 0.1) is 6.92 Å². The normalized spacial score (nSPS) is 12.9. The lowest BCUT2D eigenvalue weighted by Gasteiger charge is -2.12. The highest BCUT2D eigenvalue weighted by Gasteiger charge is 2.24. The standard InChI is InChI=1S/C27H23N3O3/c1-17-11-12-19(25(31)29-20-13-14-20)15-23(17)30-26(32)21-9-5-6-10-22(21)27-28-16-24(33-27)18-7-3-2-4-8-18/h2-12,15-16,20H,13-14H2,1H3,(H,29,31)(H,30,32). The molecule has 1 heterocycles. The summed E-state index contributed by atoms with van der Waals surface area (Å²) >= 11 is 0. The van der Waals surface area contributed by atoms with Gasteiger partial charge in [-0.05, 0) is 49.6 Å². The van der Waals surface area contributed by atoms with Crippen LogP contribution in [0.3, 0.4) is 0 Å². The van der Waals surface area contributed by atoms with Gasteiger partial charge < -0.3 is 15.1 Å². The van der Waals surface area contributed by atoms with E-state index in [4.69, 9.17) is 4.42 Å². The summed E-state index contributed by atoms with van der Waals surface area (Å²) in [5.41, 5.74) is 3.93. The van der Waals surface area contributed by atoms with Gasteiger partial charge in [-0.15, -0.1) is 0 Å². The van der Waals surface area contributed by atoms with Gasteiger partial charge in [-0.25, -0.2) is 4.98 Å². The third-order valence-electron chi connectivity index (χ3n) is 5.63. The van der Waals surface area contributed by atoms with Gasteiger partial charge in [-0.2, -0.15) is 0 Å². The Hall–Kier alpha value is -4.19. The zero-order valence-corrected chi connectivity index (χ0v) is 18.2. The molecule has 1 saturated carbocycles. The molecule has 0 radical (unpaired) electrons. The highest BCUT2D eigenvalue weighted by Crippen LogP contribution is 2.29. The first-order chi connectivity index (χ1) is 16.1. The van der Waals surface area contributed by atoms with Gasteiger partial charge in [0.15, 0.2) is 5.76 Å². The number of anilines is 1. The average Bonchev–Trinajstić information content (AvgIpc) is 3.52. The van der Waals surface area contributed by atoms with E-state index >= 15 is 0 Å². The Bertz CT molecular complexity index is 1320. The van der Waals surface area contributed by atoms with E-state index < -0.39 is 0 Å². The number of nitrogens with one attached hydrogen (secondary N) is 2. The summed E-state index contributed by atoms with van der Waals surface area (Å²) < 4.78 is 5.97. The van der Waals surface area contributed by atoms with Gasteiger partial charge in [0.2, 0.25) is 5.89 Å². The van der Waals surface area contributed by atoms with Crippen molar-refractivity contribution in [2.45, 2.75) is 25.8 Å². The summed E-state index contributed by atoms with van der Waals surface area (Å²) in [6, 6.07) is 22.5. The molecule has 0 aliphatic heterocycles. The van der Waals surface area contributed by atoms with Gasteiger partial charge in [-0.3, -0.25) is 9.59 Å². The van der Waals surface area contributed by atoms with Crippen LogP contribution < -0.4 is 10.6 Å². The van der Waals surface area contributed by atoms with Gasteiger partial charge in [0.1, 0.15) is 0 Å². The van der Waals surface area contributed by atoms with Crippen LogP contribution >= 0.6 is 0 Å². The molecule has 33 heavy (non-hydrogen) atoms. The fourth-order valence-electron chi connectivity index (χ4n) is 3.59. The van der Waals surface area contributed by atoms with Crippen LogP contribution in [-0.4, -0.2) is 22.8 Å². The lowest BCUT2D eigenvalue weighted by Crippen LogP contribution is -2.25. The number of aryl methyl sites for hydroxylation is 1. The number of carbonyl (C=O) groups excluding carboxylic acids is 2. The van der Waals surface area contributed by atoms with E-state index in [0.29, 0.717) is 34.0 Å². The van der Waals surface area contributed by atoms with E-state index in [1.807, 2.05) is 55.5 Å². The van der Waals surface area contributed by atoms with Crippen LogP contribution in [0.2, 0.25) is 0 Å². The molecule has 6 heteroatoms. The predicted molar refractivity (Wildman–Crippen MR) is 127 cm³/mol. The van der Waals surface area contributed by atoms with E-state index in [2.05, 4.69) is 15.6 Å². The molecule has 0 spiro atoms. The Labute approximate surface area is 191 Å². The molecular formula is C27H23N3O3. The first-order valence-electron chi connectivity index (χ1n) is 10.9. The summed E-state index contributed by atoms with van der Waals surface area (Å²) in [4.78, 5) is 30.1. The number of aromatic nitrogens is 1. The van der Waals surface area contributed by atoms with E-state index in [1.54, 1.807) is 30.5 Å². The molecule has 164 valence electrons. The predicted octanol–water partition coefficient (Wildman–Crippen LogP) is 5.46. The van der Waals surface area contributed by atoms with E-state index in [0.717, 1.165) is 24.0 Å². The molecule has 0 unspecified atom stereocenters. The van der Waals surface area contributed by atoms with Gasteiger partial charge >= 0.3 is 0 Å². The topological polar surface area (TPSA) is 84.2 Å². The molecule has 2 amide bonds. The number of oxazole rings is 1. The minimum absolute atomic E-state index is 0.123. The zero-order valence-electron chi connectivity index (χ0n) is 18.2. The molecule has 6 nitrogen and oxygen atoms in total. The van der Waals surface area contributed by atoms with Crippen molar-refractivity contribution >= 4 is 17.5 Å². The summed E-state index contributed by atoms with van der Waals surface area (Å²) in [6.45, 7) is 1.89. The summed E-state index contributed by atoms with van der Waals surface area (Å²) in [5.74, 6) is 0.578. The van der Waals surface area contributed by atoms with Gasteiger partial charge in [-0.1, -0.05) is 48.5 Å². The highest BCUT2D eigenvalue weighted by molar-refractivity contribution is 6.09. The molecule has 3 aromatic carbocycles. The molecule has 1 aliphatic rings. The van der Waals surface area contributed by atoms with E-state index in [9.17, 15) is 9.59 Å². The smallest absolute Gasteiger partial charge is 0.256 e. The van der Waals surface area contributed by atoms with Crippen LogP contribution in [0.25, 0.3) is 22.8 Å². The van der Waals surface area contributed by atoms with Gasteiger partial charge in [0.05, 0.1) is 11.8 Å². The number of hydrogen-bond donors (Lipinski definition) is 2. The molecule has 0 saturated heterocycles. The van der Waals surface area contributed by atoms with Gasteiger partial charge in [0.25, 0.3) is 11.8 Å². The maximum atomic E-state index is 13.2. The Balaban J connectivity index is 1.41. The van der Waals surface area contributed by atoms with Crippen molar-refractivity contribution in [3.8, 4) is 22.8 Å². The highest BCUT2D eigenvalue weighted by atomic mass is 16.4. The minimum Gasteiger partial charge on any atom is -0.436 e. The maximum absolute atomic E-state index is 13.2. The second-order valence-electron chi connectivity index (χ2n) is 8.17. The third-order valence-corrected chi connectivity index (χ3v) is 5.63. The second-order valence-corrected chi connectivity index (χ2v) is 8.17. The number of rotatable bonds is 6. The Morgan fingerprint density at radius 1 is 0.939 bits per heavy atom. The quantitative estimate of drug-likeness (QED) is 0.419. The zero-order chi connectivity index (χ0) is 22.8. The monoisotopic (exact) mass is 437 g/mol. The number of hydrogen-bond acceptors (Lipinski definition) is 4. The van der Waals surface area contributed by atoms with Crippen molar-refractivity contribution in [3.05, 3.63) is 95.7 Å².